The monoisotopic (exact) mass is 223 g/mol. The first-order valence-electron chi connectivity index (χ1n) is 5.32. The number of carbonyl (C=O) groups excluding carboxylic acids is 1. The highest BCUT2D eigenvalue weighted by molar-refractivity contribution is 5.71. The van der Waals surface area contributed by atoms with Crippen molar-refractivity contribution in [3.8, 4) is 5.75 Å². The predicted octanol–water partition coefficient (Wildman–Crippen LogP) is 2.04. The largest absolute Gasteiger partial charge is 0.494 e. The summed E-state index contributed by atoms with van der Waals surface area (Å²) in [4.78, 5) is 15.5. The summed E-state index contributed by atoms with van der Waals surface area (Å²) in [5, 5.41) is 0. The van der Waals surface area contributed by atoms with E-state index in [1.54, 1.807) is 0 Å². The highest BCUT2D eigenvalue weighted by atomic mass is 16.6. The van der Waals surface area contributed by atoms with Crippen LogP contribution in [0.3, 0.4) is 0 Å². The van der Waals surface area contributed by atoms with Gasteiger partial charge in [-0.25, -0.2) is 5.48 Å². The van der Waals surface area contributed by atoms with Gasteiger partial charge in [-0.05, 0) is 24.1 Å². The molecule has 1 aromatic rings. The van der Waals surface area contributed by atoms with Crippen LogP contribution in [0.4, 0.5) is 0 Å². The Balaban J connectivity index is 2.36. The second-order valence-electron chi connectivity index (χ2n) is 3.44. The van der Waals surface area contributed by atoms with Crippen molar-refractivity contribution < 1.29 is 14.4 Å². The summed E-state index contributed by atoms with van der Waals surface area (Å²) in [5.41, 5.74) is 3.26. The van der Waals surface area contributed by atoms with Gasteiger partial charge >= 0.3 is 0 Å². The molecule has 0 aliphatic rings. The van der Waals surface area contributed by atoms with E-state index in [0.29, 0.717) is 6.61 Å². The molecular weight excluding hydrogens is 206 g/mol. The Hall–Kier alpha value is -1.55. The molecule has 0 heterocycles. The summed E-state index contributed by atoms with van der Waals surface area (Å²) in [5.74, 6) is 0.646. The quantitative estimate of drug-likeness (QED) is 0.751. The van der Waals surface area contributed by atoms with Crippen molar-refractivity contribution in [3.05, 3.63) is 29.8 Å². The van der Waals surface area contributed by atoms with Crippen molar-refractivity contribution in [2.75, 3.05) is 6.61 Å². The third-order valence-electron chi connectivity index (χ3n) is 1.85. The molecule has 1 rings (SSSR count). The fourth-order valence-electron chi connectivity index (χ4n) is 1.12. The van der Waals surface area contributed by atoms with Gasteiger partial charge in [-0.2, -0.15) is 0 Å². The lowest BCUT2D eigenvalue weighted by Gasteiger charge is -2.06. The van der Waals surface area contributed by atoms with E-state index >= 15 is 0 Å². The molecule has 0 unspecified atom stereocenters. The highest BCUT2D eigenvalue weighted by Gasteiger charge is 1.96. The minimum Gasteiger partial charge on any atom is -0.494 e. The van der Waals surface area contributed by atoms with Crippen LogP contribution in [0.1, 0.15) is 25.8 Å². The molecule has 4 nitrogen and oxygen atoms in total. The highest BCUT2D eigenvalue weighted by Crippen LogP contribution is 2.12. The summed E-state index contributed by atoms with van der Waals surface area (Å²) in [6.45, 7) is 4.55. The lowest BCUT2D eigenvalue weighted by atomic mass is 10.2. The van der Waals surface area contributed by atoms with Gasteiger partial charge in [-0.1, -0.05) is 19.1 Å². The Morgan fingerprint density at radius 1 is 1.31 bits per heavy atom. The van der Waals surface area contributed by atoms with E-state index in [4.69, 9.17) is 9.57 Å². The predicted molar refractivity (Wildman–Crippen MR) is 60.8 cm³/mol. The average Bonchev–Trinajstić information content (AvgIpc) is 2.27. The minimum atomic E-state index is -0.206. The maximum Gasteiger partial charge on any atom is 0.240 e. The van der Waals surface area contributed by atoms with E-state index in [9.17, 15) is 4.79 Å². The molecule has 1 N–H and O–H groups in total. The Bertz CT molecular complexity index is 322. The van der Waals surface area contributed by atoms with Crippen molar-refractivity contribution >= 4 is 5.91 Å². The summed E-state index contributed by atoms with van der Waals surface area (Å²) in [6, 6.07) is 7.60. The topological polar surface area (TPSA) is 47.6 Å². The normalized spacial score (nSPS) is 9.88. The first kappa shape index (κ1) is 12.5. The van der Waals surface area contributed by atoms with Gasteiger partial charge in [-0.3, -0.25) is 9.63 Å². The number of carbonyl (C=O) groups is 1. The molecule has 0 bridgehead atoms. The SMILES string of the molecule is CCCOc1ccc(CONC(C)=O)cc1. The molecule has 0 spiro atoms. The average molecular weight is 223 g/mol. The van der Waals surface area contributed by atoms with Crippen LogP contribution in [0, 0.1) is 0 Å². The number of rotatable bonds is 6. The molecule has 16 heavy (non-hydrogen) atoms. The summed E-state index contributed by atoms with van der Waals surface area (Å²) in [7, 11) is 0. The molecule has 4 heteroatoms. The first-order chi connectivity index (χ1) is 7.72. The fraction of sp³-hybridized carbons (Fsp3) is 0.417. The molecule has 0 aromatic heterocycles. The maximum atomic E-state index is 10.6. The molecule has 1 aromatic carbocycles. The number of nitrogens with one attached hydrogen (secondary N) is 1. The molecular formula is C12H17NO3. The molecule has 0 fully saturated rings. The second kappa shape index (κ2) is 6.85. The van der Waals surface area contributed by atoms with Gasteiger partial charge in [0.15, 0.2) is 0 Å². The third-order valence-corrected chi connectivity index (χ3v) is 1.85. The van der Waals surface area contributed by atoms with Crippen molar-refractivity contribution in [1.82, 2.24) is 5.48 Å². The van der Waals surface area contributed by atoms with E-state index in [1.165, 1.54) is 6.92 Å². The van der Waals surface area contributed by atoms with Crippen LogP contribution in [0.5, 0.6) is 5.75 Å². The van der Waals surface area contributed by atoms with Crippen LogP contribution in [-0.4, -0.2) is 12.5 Å². The maximum absolute atomic E-state index is 10.6. The summed E-state index contributed by atoms with van der Waals surface area (Å²) in [6.07, 6.45) is 0.993. The molecule has 88 valence electrons. The molecule has 1 amide bonds. The van der Waals surface area contributed by atoms with Gasteiger partial charge in [0.05, 0.1) is 13.2 Å². The number of hydroxylamine groups is 1. The van der Waals surface area contributed by atoms with Crippen molar-refractivity contribution in [3.63, 3.8) is 0 Å². The Labute approximate surface area is 95.5 Å². The zero-order valence-corrected chi connectivity index (χ0v) is 9.66. The number of hydrogen-bond acceptors (Lipinski definition) is 3. The second-order valence-corrected chi connectivity index (χ2v) is 3.44. The molecule has 0 atom stereocenters. The minimum absolute atomic E-state index is 0.206. The lowest BCUT2D eigenvalue weighted by Crippen LogP contribution is -2.19. The van der Waals surface area contributed by atoms with Gasteiger partial charge in [0.25, 0.3) is 0 Å². The standard InChI is InChI=1S/C12H17NO3/c1-3-8-15-12-6-4-11(5-7-12)9-16-13-10(2)14/h4-7H,3,8-9H2,1-2H3,(H,13,14). The van der Waals surface area contributed by atoms with E-state index in [0.717, 1.165) is 24.3 Å². The fourth-order valence-corrected chi connectivity index (χ4v) is 1.12. The number of hydrogen-bond donors (Lipinski definition) is 1. The van der Waals surface area contributed by atoms with Crippen LogP contribution in [0.2, 0.25) is 0 Å². The van der Waals surface area contributed by atoms with E-state index < -0.39 is 0 Å². The number of ether oxygens (including phenoxy) is 1. The lowest BCUT2D eigenvalue weighted by molar-refractivity contribution is -0.132. The molecule has 0 aliphatic carbocycles. The number of amides is 1. The molecule has 0 aliphatic heterocycles. The summed E-state index contributed by atoms with van der Waals surface area (Å²) >= 11 is 0. The van der Waals surface area contributed by atoms with E-state index in [-0.39, 0.29) is 5.91 Å². The van der Waals surface area contributed by atoms with E-state index in [2.05, 4.69) is 12.4 Å². The molecule has 0 radical (unpaired) electrons. The van der Waals surface area contributed by atoms with Crippen LogP contribution >= 0.6 is 0 Å². The van der Waals surface area contributed by atoms with Gasteiger partial charge in [0, 0.05) is 6.92 Å². The van der Waals surface area contributed by atoms with Crippen LogP contribution in [-0.2, 0) is 16.2 Å². The zero-order chi connectivity index (χ0) is 11.8. The molecule has 0 saturated heterocycles. The van der Waals surface area contributed by atoms with Gasteiger partial charge in [0.1, 0.15) is 5.75 Å². The van der Waals surface area contributed by atoms with Crippen LogP contribution < -0.4 is 10.2 Å². The number of benzene rings is 1. The van der Waals surface area contributed by atoms with Crippen LogP contribution in [0.25, 0.3) is 0 Å². The Kier molecular flexibility index (Phi) is 5.36. The Morgan fingerprint density at radius 2 is 2.00 bits per heavy atom. The third kappa shape index (κ3) is 4.79. The Morgan fingerprint density at radius 3 is 2.56 bits per heavy atom. The van der Waals surface area contributed by atoms with Crippen molar-refractivity contribution in [1.29, 1.82) is 0 Å². The molecule has 0 saturated carbocycles. The van der Waals surface area contributed by atoms with Gasteiger partial charge < -0.3 is 4.74 Å². The van der Waals surface area contributed by atoms with Gasteiger partial charge in [0.2, 0.25) is 5.91 Å². The first-order valence-corrected chi connectivity index (χ1v) is 5.32. The summed E-state index contributed by atoms with van der Waals surface area (Å²) < 4.78 is 5.44. The van der Waals surface area contributed by atoms with E-state index in [1.807, 2.05) is 24.3 Å². The zero-order valence-electron chi connectivity index (χ0n) is 9.66. The van der Waals surface area contributed by atoms with Crippen molar-refractivity contribution in [2.45, 2.75) is 26.9 Å². The van der Waals surface area contributed by atoms with Crippen molar-refractivity contribution in [2.24, 2.45) is 0 Å². The van der Waals surface area contributed by atoms with Crippen LogP contribution in [0.15, 0.2) is 24.3 Å². The van der Waals surface area contributed by atoms with Gasteiger partial charge in [-0.15, -0.1) is 0 Å². The smallest absolute Gasteiger partial charge is 0.240 e.